The molecule has 2 atom stereocenters. The molecule has 0 amide bonds. The summed E-state index contributed by atoms with van der Waals surface area (Å²) in [5.74, 6) is -25.6. The number of alkyl halides is 12. The Morgan fingerprint density at radius 2 is 0.731 bits per heavy atom. The molecule has 0 bridgehead atoms. The molecule has 0 radical (unpaired) electrons. The van der Waals surface area contributed by atoms with Crippen molar-refractivity contribution in [2.75, 3.05) is 0 Å². The van der Waals surface area contributed by atoms with Crippen molar-refractivity contribution in [3.8, 4) is 0 Å². The zero-order chi connectivity index (χ0) is 21.0. The second kappa shape index (κ2) is 5.90. The van der Waals surface area contributed by atoms with Gasteiger partial charge in [-0.2, -0.15) is 52.7 Å². The second-order valence-electron chi connectivity index (χ2n) is 4.93. The van der Waals surface area contributed by atoms with Gasteiger partial charge in [0.1, 0.15) is 0 Å². The van der Waals surface area contributed by atoms with Crippen LogP contribution in [0.2, 0.25) is 0 Å². The predicted octanol–water partition coefficient (Wildman–Crippen LogP) is 4.31. The van der Waals surface area contributed by atoms with E-state index in [2.05, 4.69) is 0 Å². The molecule has 1 aromatic rings. The maximum atomic E-state index is 13.7. The lowest BCUT2D eigenvalue weighted by atomic mass is 9.89. The van der Waals surface area contributed by atoms with E-state index >= 15 is 0 Å². The summed E-state index contributed by atoms with van der Waals surface area (Å²) in [7, 11) is 0. The summed E-state index contributed by atoms with van der Waals surface area (Å²) in [5.41, 5.74) is -5.65. The van der Waals surface area contributed by atoms with Gasteiger partial charge in [-0.15, -0.1) is 0 Å². The van der Waals surface area contributed by atoms with E-state index in [9.17, 15) is 52.7 Å². The minimum absolute atomic E-state index is 0.278. The maximum absolute atomic E-state index is 13.7. The Kier molecular flexibility index (Phi) is 5.07. The van der Waals surface area contributed by atoms with Crippen LogP contribution in [0.3, 0.4) is 0 Å². The van der Waals surface area contributed by atoms with E-state index in [4.69, 9.17) is 10.2 Å². The molecule has 0 aliphatic heterocycles. The Morgan fingerprint density at radius 1 is 0.500 bits per heavy atom. The summed E-state index contributed by atoms with van der Waals surface area (Å²) < 4.78 is 155. The van der Waals surface area contributed by atoms with Crippen LogP contribution in [0.15, 0.2) is 24.3 Å². The highest BCUT2D eigenvalue weighted by Crippen LogP contribution is 2.55. The molecule has 1 aromatic carbocycles. The van der Waals surface area contributed by atoms with Crippen molar-refractivity contribution in [1.29, 1.82) is 0 Å². The Hall–Kier alpha value is -1.70. The Labute approximate surface area is 135 Å². The van der Waals surface area contributed by atoms with E-state index < -0.39 is 59.2 Å². The predicted molar refractivity (Wildman–Crippen MR) is 58.5 cm³/mol. The average molecular weight is 410 g/mol. The fourth-order valence-corrected chi connectivity index (χ4v) is 1.74. The number of hydrogen-bond donors (Lipinski definition) is 2. The molecule has 14 heteroatoms. The topological polar surface area (TPSA) is 40.5 Å². The highest BCUT2D eigenvalue weighted by atomic mass is 19.4. The summed E-state index contributed by atoms with van der Waals surface area (Å²) in [6.07, 6.45) is -13.5. The molecule has 0 saturated carbocycles. The first-order chi connectivity index (χ1) is 11.2. The van der Waals surface area contributed by atoms with Gasteiger partial charge in [0.25, 0.3) is 0 Å². The lowest BCUT2D eigenvalue weighted by Gasteiger charge is -2.35. The van der Waals surface area contributed by atoms with Crippen molar-refractivity contribution in [3.05, 3.63) is 35.4 Å². The largest absolute Gasteiger partial charge is 0.455 e. The molecule has 2 unspecified atom stereocenters. The summed E-state index contributed by atoms with van der Waals surface area (Å²) in [4.78, 5) is 0. The van der Waals surface area contributed by atoms with Crippen molar-refractivity contribution in [3.63, 3.8) is 0 Å². The molecule has 0 fully saturated rings. The first-order valence-electron chi connectivity index (χ1n) is 6.04. The quantitative estimate of drug-likeness (QED) is 0.727. The lowest BCUT2D eigenvalue weighted by Crippen LogP contribution is -2.56. The van der Waals surface area contributed by atoms with Gasteiger partial charge in [-0.3, -0.25) is 0 Å². The fraction of sp³-hybridized carbons (Fsp3) is 0.500. The highest BCUT2D eigenvalue weighted by Gasteiger charge is 2.76. The lowest BCUT2D eigenvalue weighted by molar-refractivity contribution is -0.397. The molecular weight excluding hydrogens is 404 g/mol. The van der Waals surface area contributed by atoms with Gasteiger partial charge in [0.2, 0.25) is 0 Å². The summed E-state index contributed by atoms with van der Waals surface area (Å²) >= 11 is 0. The second-order valence-corrected chi connectivity index (χ2v) is 4.93. The SMILES string of the molecule is OC(F)(C(F)(F)F)C(F)(F)c1ccccc1C(F)(F)C(O)(F)C(F)(F)F. The Balaban J connectivity index is 3.73. The molecule has 2 N–H and O–H groups in total. The van der Waals surface area contributed by atoms with Crippen molar-refractivity contribution in [1.82, 2.24) is 0 Å². The van der Waals surface area contributed by atoms with Crippen LogP contribution in [0.25, 0.3) is 0 Å². The molecule has 0 aliphatic carbocycles. The van der Waals surface area contributed by atoms with Crippen LogP contribution in [-0.4, -0.2) is 34.3 Å². The fourth-order valence-electron chi connectivity index (χ4n) is 1.74. The van der Waals surface area contributed by atoms with Crippen molar-refractivity contribution < 1.29 is 62.9 Å². The van der Waals surface area contributed by atoms with E-state index in [0.29, 0.717) is 0 Å². The van der Waals surface area contributed by atoms with Crippen molar-refractivity contribution in [2.24, 2.45) is 0 Å². The molecule has 0 heterocycles. The van der Waals surface area contributed by atoms with Crippen LogP contribution in [0.5, 0.6) is 0 Å². The number of benzene rings is 1. The zero-order valence-corrected chi connectivity index (χ0v) is 11.7. The highest BCUT2D eigenvalue weighted by molar-refractivity contribution is 5.37. The maximum Gasteiger partial charge on any atom is 0.455 e. The van der Waals surface area contributed by atoms with Crippen LogP contribution in [0, 0.1) is 0 Å². The number of rotatable bonds is 4. The smallest absolute Gasteiger partial charge is 0.350 e. The zero-order valence-electron chi connectivity index (χ0n) is 11.7. The third-order valence-corrected chi connectivity index (χ3v) is 3.19. The molecule has 26 heavy (non-hydrogen) atoms. The van der Waals surface area contributed by atoms with Gasteiger partial charge in [0.15, 0.2) is 0 Å². The third kappa shape index (κ3) is 3.08. The summed E-state index contributed by atoms with van der Waals surface area (Å²) in [5, 5.41) is 16.8. The van der Waals surface area contributed by atoms with Gasteiger partial charge in [-0.1, -0.05) is 24.3 Å². The minimum Gasteiger partial charge on any atom is -0.350 e. The van der Waals surface area contributed by atoms with E-state index in [-0.39, 0.29) is 12.1 Å². The van der Waals surface area contributed by atoms with E-state index in [1.165, 1.54) is 0 Å². The van der Waals surface area contributed by atoms with Gasteiger partial charge in [-0.05, 0) is 0 Å². The average Bonchev–Trinajstić information content (AvgIpc) is 2.44. The van der Waals surface area contributed by atoms with E-state index in [1.54, 1.807) is 0 Å². The van der Waals surface area contributed by atoms with Crippen LogP contribution >= 0.6 is 0 Å². The van der Waals surface area contributed by atoms with Gasteiger partial charge >= 0.3 is 35.9 Å². The van der Waals surface area contributed by atoms with Crippen molar-refractivity contribution in [2.45, 2.75) is 35.9 Å². The van der Waals surface area contributed by atoms with Gasteiger partial charge in [0, 0.05) is 11.1 Å². The van der Waals surface area contributed by atoms with Gasteiger partial charge in [-0.25, -0.2) is 0 Å². The molecule has 0 spiro atoms. The monoisotopic (exact) mass is 410 g/mol. The number of hydrogen-bond acceptors (Lipinski definition) is 2. The molecular formula is C12H6F12O2. The molecule has 2 nitrogen and oxygen atoms in total. The van der Waals surface area contributed by atoms with Crippen LogP contribution in [0.4, 0.5) is 52.7 Å². The van der Waals surface area contributed by atoms with E-state index in [1.807, 2.05) is 0 Å². The number of aliphatic hydroxyl groups is 2. The van der Waals surface area contributed by atoms with Crippen molar-refractivity contribution >= 4 is 0 Å². The Bertz CT molecular complexity index is 602. The summed E-state index contributed by atoms with van der Waals surface area (Å²) in [6.45, 7) is 0. The van der Waals surface area contributed by atoms with Crippen LogP contribution in [-0.2, 0) is 11.8 Å². The first-order valence-corrected chi connectivity index (χ1v) is 6.04. The third-order valence-electron chi connectivity index (χ3n) is 3.19. The van der Waals surface area contributed by atoms with Gasteiger partial charge < -0.3 is 10.2 Å². The standard InChI is InChI=1S/C12H6F12O2/c13-7(14,9(17,25)11(19,20)21)5-3-1-2-4-6(5)8(15,16)10(18,26)12(22,23)24/h1-4,25-26H. The first kappa shape index (κ1) is 22.3. The molecule has 0 aliphatic rings. The molecule has 1 rings (SSSR count). The molecule has 0 saturated heterocycles. The van der Waals surface area contributed by atoms with E-state index in [0.717, 1.165) is 0 Å². The number of halogens is 12. The van der Waals surface area contributed by atoms with Crippen LogP contribution < -0.4 is 0 Å². The minimum atomic E-state index is -6.77. The van der Waals surface area contributed by atoms with Gasteiger partial charge in [0.05, 0.1) is 0 Å². The molecule has 0 aromatic heterocycles. The molecule has 150 valence electrons. The van der Waals surface area contributed by atoms with Crippen LogP contribution in [0.1, 0.15) is 11.1 Å². The summed E-state index contributed by atoms with van der Waals surface area (Å²) in [6, 6.07) is -0.238. The Morgan fingerprint density at radius 3 is 0.923 bits per heavy atom. The normalized spacial score (nSPS) is 19.0.